The molecule has 0 radical (unpaired) electrons. The average molecular weight is 415 g/mol. The zero-order valence-corrected chi connectivity index (χ0v) is 16.2. The van der Waals surface area contributed by atoms with Gasteiger partial charge in [-0.1, -0.05) is 23.2 Å². The maximum absolute atomic E-state index is 12.2. The van der Waals surface area contributed by atoms with Gasteiger partial charge in [0.05, 0.1) is 15.6 Å². The van der Waals surface area contributed by atoms with Crippen molar-refractivity contribution in [3.63, 3.8) is 0 Å². The predicted octanol–water partition coefficient (Wildman–Crippen LogP) is 3.29. The van der Waals surface area contributed by atoms with Gasteiger partial charge in [0.25, 0.3) is 5.91 Å². The van der Waals surface area contributed by atoms with Crippen molar-refractivity contribution in [2.45, 2.75) is 33.4 Å². The normalized spacial score (nSPS) is 11.7. The summed E-state index contributed by atoms with van der Waals surface area (Å²) in [5.74, 6) is -1.37. The van der Waals surface area contributed by atoms with Gasteiger partial charge in [-0.2, -0.15) is 5.10 Å². The third kappa shape index (κ3) is 4.95. The first-order valence-electron chi connectivity index (χ1n) is 7.74. The predicted molar refractivity (Wildman–Crippen MR) is 99.0 cm³/mol. The van der Waals surface area contributed by atoms with Crippen molar-refractivity contribution in [1.29, 1.82) is 0 Å². The molecular formula is C16H16Cl2N4O5. The molecule has 1 aromatic heterocycles. The number of ether oxygens (including phenoxy) is 1. The van der Waals surface area contributed by atoms with Crippen LogP contribution in [0.5, 0.6) is 0 Å². The number of aryl methyl sites for hydroxylation is 1. The Balaban J connectivity index is 2.01. The lowest BCUT2D eigenvalue weighted by atomic mass is 10.3. The number of nitrogens with zero attached hydrogens (tertiary/aromatic N) is 3. The summed E-state index contributed by atoms with van der Waals surface area (Å²) in [6.07, 6.45) is -1.13. The van der Waals surface area contributed by atoms with E-state index >= 15 is 0 Å². The smallest absolute Gasteiger partial charge is 0.328 e. The van der Waals surface area contributed by atoms with Crippen LogP contribution in [0.2, 0.25) is 10.0 Å². The second-order valence-electron chi connectivity index (χ2n) is 5.68. The summed E-state index contributed by atoms with van der Waals surface area (Å²) in [4.78, 5) is 34.7. The van der Waals surface area contributed by atoms with E-state index in [0.29, 0.717) is 5.02 Å². The van der Waals surface area contributed by atoms with Gasteiger partial charge >= 0.3 is 11.7 Å². The van der Waals surface area contributed by atoms with Crippen LogP contribution in [0.3, 0.4) is 0 Å². The van der Waals surface area contributed by atoms with Gasteiger partial charge in [0.2, 0.25) is 0 Å². The molecule has 11 heteroatoms. The van der Waals surface area contributed by atoms with E-state index < -0.39 is 22.9 Å². The molecule has 2 aromatic rings. The zero-order chi connectivity index (χ0) is 20.3. The number of esters is 1. The third-order valence-corrected chi connectivity index (χ3v) is 4.23. The number of nitro groups is 1. The average Bonchev–Trinajstić information content (AvgIpc) is 2.84. The standard InChI is InChI=1S/C16H16Cl2N4O5/c1-8-15(22(25)26)9(2)21(20-8)7-14(23)27-10(3)16(24)19-13-6-11(17)4-5-12(13)18/h4-6,10H,7H2,1-3H3,(H,19,24)/t10-/m1/s1. The lowest BCUT2D eigenvalue weighted by molar-refractivity contribution is -0.386. The summed E-state index contributed by atoms with van der Waals surface area (Å²) in [5, 5.41) is 18.1. The number of halogens is 2. The van der Waals surface area contributed by atoms with Crippen molar-refractivity contribution in [2.75, 3.05) is 5.32 Å². The van der Waals surface area contributed by atoms with Crippen LogP contribution in [0.4, 0.5) is 11.4 Å². The van der Waals surface area contributed by atoms with Crippen molar-refractivity contribution < 1.29 is 19.2 Å². The van der Waals surface area contributed by atoms with Crippen molar-refractivity contribution in [3.8, 4) is 0 Å². The molecule has 0 saturated heterocycles. The number of benzene rings is 1. The van der Waals surface area contributed by atoms with Crippen molar-refractivity contribution in [1.82, 2.24) is 9.78 Å². The molecule has 0 aliphatic heterocycles. The van der Waals surface area contributed by atoms with E-state index in [-0.39, 0.29) is 34.3 Å². The molecule has 144 valence electrons. The second-order valence-corrected chi connectivity index (χ2v) is 6.52. The topological polar surface area (TPSA) is 116 Å². The molecule has 1 amide bonds. The molecule has 1 heterocycles. The summed E-state index contributed by atoms with van der Waals surface area (Å²) in [6, 6.07) is 4.55. The number of rotatable bonds is 6. The first kappa shape index (κ1) is 20.7. The molecule has 1 N–H and O–H groups in total. The highest BCUT2D eigenvalue weighted by Gasteiger charge is 2.25. The van der Waals surface area contributed by atoms with E-state index in [0.717, 1.165) is 4.68 Å². The minimum atomic E-state index is -1.13. The Morgan fingerprint density at radius 2 is 2.04 bits per heavy atom. The van der Waals surface area contributed by atoms with Crippen LogP contribution in [-0.4, -0.2) is 32.7 Å². The van der Waals surface area contributed by atoms with Gasteiger partial charge in [-0.15, -0.1) is 0 Å². The van der Waals surface area contributed by atoms with E-state index in [4.69, 9.17) is 27.9 Å². The number of carbonyl (C=O) groups is 2. The number of hydrogen-bond acceptors (Lipinski definition) is 6. The Kier molecular flexibility index (Phi) is 6.40. The fraction of sp³-hybridized carbons (Fsp3) is 0.312. The third-order valence-electron chi connectivity index (χ3n) is 3.67. The van der Waals surface area contributed by atoms with Crippen LogP contribution >= 0.6 is 23.2 Å². The Labute approximate surface area is 164 Å². The monoisotopic (exact) mass is 414 g/mol. The molecule has 0 saturated carbocycles. The van der Waals surface area contributed by atoms with Crippen LogP contribution in [0.1, 0.15) is 18.3 Å². The molecule has 27 heavy (non-hydrogen) atoms. The summed E-state index contributed by atoms with van der Waals surface area (Å²) < 4.78 is 6.23. The van der Waals surface area contributed by atoms with Crippen LogP contribution in [0.25, 0.3) is 0 Å². The zero-order valence-electron chi connectivity index (χ0n) is 14.7. The van der Waals surface area contributed by atoms with E-state index in [1.165, 1.54) is 32.9 Å². The van der Waals surface area contributed by atoms with Gasteiger partial charge in [0, 0.05) is 5.02 Å². The summed E-state index contributed by atoms with van der Waals surface area (Å²) in [5.41, 5.74) is 0.527. The maximum Gasteiger partial charge on any atom is 0.328 e. The molecule has 0 fully saturated rings. The summed E-state index contributed by atoms with van der Waals surface area (Å²) in [6.45, 7) is 3.96. The highest BCUT2D eigenvalue weighted by Crippen LogP contribution is 2.25. The fourth-order valence-corrected chi connectivity index (χ4v) is 2.68. The Morgan fingerprint density at radius 1 is 1.37 bits per heavy atom. The number of hydrogen-bond donors (Lipinski definition) is 1. The summed E-state index contributed by atoms with van der Waals surface area (Å²) in [7, 11) is 0. The molecule has 0 aliphatic rings. The van der Waals surface area contributed by atoms with Gasteiger partial charge in [0.15, 0.2) is 6.10 Å². The van der Waals surface area contributed by atoms with E-state index in [1.807, 2.05) is 0 Å². The van der Waals surface area contributed by atoms with E-state index in [1.54, 1.807) is 6.07 Å². The first-order valence-corrected chi connectivity index (χ1v) is 8.49. The minimum absolute atomic E-state index is 0.163. The molecule has 2 rings (SSSR count). The van der Waals surface area contributed by atoms with Gasteiger partial charge < -0.3 is 10.1 Å². The Morgan fingerprint density at radius 3 is 2.63 bits per heavy atom. The lowest BCUT2D eigenvalue weighted by Gasteiger charge is -2.14. The number of nitrogens with one attached hydrogen (secondary N) is 1. The lowest BCUT2D eigenvalue weighted by Crippen LogP contribution is -2.31. The van der Waals surface area contributed by atoms with Gasteiger partial charge in [-0.25, -0.2) is 0 Å². The van der Waals surface area contributed by atoms with Crippen molar-refractivity contribution in [2.24, 2.45) is 0 Å². The molecule has 0 aliphatic carbocycles. The highest BCUT2D eigenvalue weighted by molar-refractivity contribution is 6.35. The summed E-state index contributed by atoms with van der Waals surface area (Å²) >= 11 is 11.8. The largest absolute Gasteiger partial charge is 0.451 e. The minimum Gasteiger partial charge on any atom is -0.451 e. The van der Waals surface area contributed by atoms with Crippen molar-refractivity contribution >= 4 is 46.5 Å². The number of amides is 1. The fourth-order valence-electron chi connectivity index (χ4n) is 2.34. The van der Waals surface area contributed by atoms with Crippen LogP contribution < -0.4 is 5.32 Å². The Hall–Kier alpha value is -2.65. The van der Waals surface area contributed by atoms with Gasteiger partial charge in [0.1, 0.15) is 17.9 Å². The maximum atomic E-state index is 12.2. The molecule has 0 spiro atoms. The van der Waals surface area contributed by atoms with Gasteiger partial charge in [-0.3, -0.25) is 24.4 Å². The molecule has 1 atom stereocenters. The second kappa shape index (κ2) is 8.36. The quantitative estimate of drug-likeness (QED) is 0.440. The number of anilines is 1. The number of aromatic nitrogens is 2. The molecule has 0 bridgehead atoms. The number of carbonyl (C=O) groups excluding carboxylic acids is 2. The SMILES string of the molecule is Cc1nn(CC(=O)O[C@H](C)C(=O)Nc2cc(Cl)ccc2Cl)c(C)c1[N+](=O)[O-]. The molecule has 9 nitrogen and oxygen atoms in total. The van der Waals surface area contributed by atoms with Crippen molar-refractivity contribution in [3.05, 3.63) is 49.7 Å². The van der Waals surface area contributed by atoms with Crippen LogP contribution in [-0.2, 0) is 20.9 Å². The van der Waals surface area contributed by atoms with E-state index in [2.05, 4.69) is 10.4 Å². The Bertz CT molecular complexity index is 912. The molecule has 1 aromatic carbocycles. The molecule has 0 unspecified atom stereocenters. The first-order chi connectivity index (χ1) is 12.6. The van der Waals surface area contributed by atoms with Gasteiger partial charge in [-0.05, 0) is 39.0 Å². The molecular weight excluding hydrogens is 399 g/mol. The van der Waals surface area contributed by atoms with Crippen LogP contribution in [0.15, 0.2) is 18.2 Å². The van der Waals surface area contributed by atoms with Crippen LogP contribution in [0, 0.1) is 24.0 Å². The van der Waals surface area contributed by atoms with E-state index in [9.17, 15) is 19.7 Å². The highest BCUT2D eigenvalue weighted by atomic mass is 35.5.